The zero-order valence-corrected chi connectivity index (χ0v) is 24.7. The van der Waals surface area contributed by atoms with Crippen LogP contribution >= 0.6 is 6.89 Å². The fourth-order valence-corrected chi connectivity index (χ4v) is 10.7. The molecule has 5 heteroatoms. The molecule has 5 aromatic carbocycles. The van der Waals surface area contributed by atoms with Gasteiger partial charge in [-0.25, -0.2) is 8.42 Å². The second kappa shape index (κ2) is 12.7. The highest BCUT2D eigenvalue weighted by atomic mass is 32.2. The highest BCUT2D eigenvalue weighted by Crippen LogP contribution is 2.43. The molecule has 0 aromatic heterocycles. The first-order valence-corrected chi connectivity index (χ1v) is 17.1. The lowest BCUT2D eigenvalue weighted by atomic mass is 10.1. The maximum Gasteiger partial charge on any atom is 0.182 e. The quantitative estimate of drug-likeness (QED) is 0.188. The molecule has 0 heterocycles. The summed E-state index contributed by atoms with van der Waals surface area (Å²) < 4.78 is 28.0. The molecular formula is C36H33O3PS. The van der Waals surface area contributed by atoms with E-state index >= 15 is 0 Å². The van der Waals surface area contributed by atoms with Gasteiger partial charge in [-0.15, -0.1) is 0 Å². The van der Waals surface area contributed by atoms with Gasteiger partial charge >= 0.3 is 0 Å². The molecule has 0 amide bonds. The van der Waals surface area contributed by atoms with Crippen LogP contribution in [0.3, 0.4) is 0 Å². The van der Waals surface area contributed by atoms with Crippen LogP contribution in [-0.4, -0.2) is 25.2 Å². The van der Waals surface area contributed by atoms with E-state index in [4.69, 9.17) is 0 Å². The van der Waals surface area contributed by atoms with Crippen molar-refractivity contribution in [3.63, 3.8) is 0 Å². The third-order valence-corrected chi connectivity index (χ3v) is 13.5. The Labute approximate surface area is 243 Å². The number of aryl methyl sites for hydroxylation is 1. The van der Waals surface area contributed by atoms with Crippen molar-refractivity contribution in [3.05, 3.63) is 157 Å². The van der Waals surface area contributed by atoms with E-state index in [1.807, 2.05) is 97.6 Å². The van der Waals surface area contributed by atoms with E-state index in [1.165, 1.54) is 0 Å². The van der Waals surface area contributed by atoms with Crippen LogP contribution in [0, 0.1) is 6.92 Å². The first kappa shape index (κ1) is 28.5. The number of hydrogen-bond donors (Lipinski definition) is 0. The highest BCUT2D eigenvalue weighted by molar-refractivity contribution is 7.95. The summed E-state index contributed by atoms with van der Waals surface area (Å²) in [6.45, 7) is -0.621. The van der Waals surface area contributed by atoms with Crippen molar-refractivity contribution in [3.8, 4) is 0 Å². The first-order valence-electron chi connectivity index (χ1n) is 13.7. The normalized spacial score (nSPS) is 12.4. The molecule has 206 valence electrons. The van der Waals surface area contributed by atoms with Crippen LogP contribution in [0.5, 0.6) is 0 Å². The van der Waals surface area contributed by atoms with E-state index in [2.05, 4.69) is 36.4 Å². The monoisotopic (exact) mass is 576 g/mol. The second-order valence-corrected chi connectivity index (χ2v) is 15.7. The molecule has 0 bridgehead atoms. The van der Waals surface area contributed by atoms with Gasteiger partial charge in [0.15, 0.2) is 15.6 Å². The molecule has 5 aromatic rings. The van der Waals surface area contributed by atoms with E-state index in [-0.39, 0.29) is 23.5 Å². The van der Waals surface area contributed by atoms with Crippen molar-refractivity contribution in [1.29, 1.82) is 0 Å². The summed E-state index contributed by atoms with van der Waals surface area (Å²) in [5, 5.41) is 2.24. The summed E-state index contributed by atoms with van der Waals surface area (Å²) in [7, 11) is -3.79. The zero-order chi connectivity index (χ0) is 28.7. The average Bonchev–Trinajstić information content (AvgIpc) is 3.01. The minimum Gasteiger partial charge on any atom is -0.295 e. The van der Waals surface area contributed by atoms with Crippen LogP contribution in [0.25, 0.3) is 0 Å². The topological polar surface area (TPSA) is 51.2 Å². The van der Waals surface area contributed by atoms with E-state index in [9.17, 15) is 13.2 Å². The lowest BCUT2D eigenvalue weighted by Crippen LogP contribution is -2.31. The molecule has 41 heavy (non-hydrogen) atoms. The summed E-state index contributed by atoms with van der Waals surface area (Å²) in [4.78, 5) is 14.5. The number of sulfone groups is 1. The average molecular weight is 577 g/mol. The van der Waals surface area contributed by atoms with E-state index in [0.717, 1.165) is 27.0 Å². The lowest BCUT2D eigenvalue weighted by Gasteiger charge is -2.28. The van der Waals surface area contributed by atoms with Gasteiger partial charge in [-0.05, 0) is 59.6 Å². The first-order chi connectivity index (χ1) is 19.9. The maximum absolute atomic E-state index is 14.2. The van der Waals surface area contributed by atoms with Crippen molar-refractivity contribution in [2.24, 2.45) is 0 Å². The van der Waals surface area contributed by atoms with E-state index in [1.54, 1.807) is 24.3 Å². The summed E-state index contributed by atoms with van der Waals surface area (Å²) in [6, 6.07) is 46.7. The fourth-order valence-electron chi connectivity index (χ4n) is 5.24. The number of carbonyl (C=O) groups excluding carboxylic acids is 1. The van der Waals surface area contributed by atoms with Crippen LogP contribution < -0.4 is 15.9 Å². The van der Waals surface area contributed by atoms with Crippen molar-refractivity contribution in [1.82, 2.24) is 0 Å². The minimum atomic E-state index is -3.79. The van der Waals surface area contributed by atoms with Gasteiger partial charge in [0, 0.05) is 6.42 Å². The van der Waals surface area contributed by atoms with Crippen molar-refractivity contribution in [2.75, 3.05) is 0 Å². The van der Waals surface area contributed by atoms with Gasteiger partial charge < -0.3 is 0 Å². The Morgan fingerprint density at radius 1 is 0.634 bits per heavy atom. The molecule has 0 saturated carbocycles. The van der Waals surface area contributed by atoms with Gasteiger partial charge in [0.1, 0.15) is 0 Å². The summed E-state index contributed by atoms with van der Waals surface area (Å²) in [5.74, 6) is 1.67. The Hall–Kier alpha value is -3.98. The molecule has 0 aliphatic rings. The molecule has 0 spiro atoms. The van der Waals surface area contributed by atoms with Gasteiger partial charge in [-0.3, -0.25) is 4.79 Å². The molecule has 1 unspecified atom stereocenters. The largest absolute Gasteiger partial charge is 0.295 e. The van der Waals surface area contributed by atoms with Crippen LogP contribution in [0.1, 0.15) is 17.5 Å². The minimum absolute atomic E-state index is 0.112. The van der Waals surface area contributed by atoms with Crippen LogP contribution in [0.15, 0.2) is 150 Å². The van der Waals surface area contributed by atoms with Gasteiger partial charge in [0.05, 0.1) is 10.1 Å². The van der Waals surface area contributed by atoms with Gasteiger partial charge in [-0.2, -0.15) is 0 Å². The Morgan fingerprint density at radius 2 is 1.05 bits per heavy atom. The summed E-state index contributed by atoms with van der Waals surface area (Å²) >= 11 is 0. The molecular weight excluding hydrogens is 543 g/mol. The smallest absolute Gasteiger partial charge is 0.182 e. The number of hydrogen-bond acceptors (Lipinski definition) is 3. The number of benzene rings is 5. The Balaban J connectivity index is 1.66. The molecule has 0 aliphatic heterocycles. The fraction of sp³-hybridized carbons (Fsp3) is 0.111. The van der Waals surface area contributed by atoms with Gasteiger partial charge in [0.2, 0.25) is 0 Å². The maximum atomic E-state index is 14.2. The molecule has 5 rings (SSSR count). The molecule has 0 saturated heterocycles. The molecule has 3 nitrogen and oxygen atoms in total. The Kier molecular flexibility index (Phi) is 8.83. The van der Waals surface area contributed by atoms with Gasteiger partial charge in [-0.1, -0.05) is 139 Å². The van der Waals surface area contributed by atoms with Crippen molar-refractivity contribution in [2.45, 2.75) is 29.9 Å². The van der Waals surface area contributed by atoms with Crippen LogP contribution in [0.2, 0.25) is 0 Å². The third-order valence-electron chi connectivity index (χ3n) is 7.35. The molecule has 0 fully saturated rings. The number of rotatable bonds is 10. The predicted octanol–water partition coefficient (Wildman–Crippen LogP) is 6.14. The zero-order valence-electron chi connectivity index (χ0n) is 23.0. The van der Waals surface area contributed by atoms with Crippen molar-refractivity contribution >= 4 is 44.2 Å². The summed E-state index contributed by atoms with van der Waals surface area (Å²) in [6.07, 6.45) is 0.142. The number of ketones is 1. The second-order valence-electron chi connectivity index (χ2n) is 10.2. The highest BCUT2D eigenvalue weighted by Gasteiger charge is 2.32. The summed E-state index contributed by atoms with van der Waals surface area (Å²) in [5.41, 5.74) is 1.87. The standard InChI is InChI=1S/C36H33O3PS/c1-29-22-24-35(25-23-29)41(38,39)36(26-30-14-6-2-7-15-30)27-31(37)28-40(32-16-8-3-9-17-32,33-18-10-4-11-19-33)34-20-12-5-13-21-34/h2-25,28,36H,26-27H2,1H3. The lowest BCUT2D eigenvalue weighted by molar-refractivity contribution is -0.112. The third kappa shape index (κ3) is 6.35. The molecule has 1 atom stereocenters. The van der Waals surface area contributed by atoms with Gasteiger partial charge in [0.25, 0.3) is 0 Å². The number of Topliss-reactive ketones (excluding diaryl/α,β-unsaturated/α-hetero) is 1. The van der Waals surface area contributed by atoms with Crippen molar-refractivity contribution < 1.29 is 13.2 Å². The predicted molar refractivity (Wildman–Crippen MR) is 173 cm³/mol. The molecule has 0 radical (unpaired) electrons. The SMILES string of the molecule is Cc1ccc(S(=O)(=O)C(CC(=O)C=P(c2ccccc2)(c2ccccc2)c2ccccc2)Cc2ccccc2)cc1. The van der Waals surface area contributed by atoms with Crippen LogP contribution in [-0.2, 0) is 21.1 Å². The van der Waals surface area contributed by atoms with E-state index < -0.39 is 22.0 Å². The van der Waals surface area contributed by atoms with E-state index in [0.29, 0.717) is 0 Å². The molecule has 0 N–H and O–H groups in total. The molecule has 0 aliphatic carbocycles. The van der Waals surface area contributed by atoms with Crippen LogP contribution in [0.4, 0.5) is 0 Å². The Bertz CT molecular complexity index is 1650. The number of carbonyl (C=O) groups is 1. The Morgan fingerprint density at radius 3 is 1.49 bits per heavy atom.